The molecular weight excluding hydrogens is 214 g/mol. The summed E-state index contributed by atoms with van der Waals surface area (Å²) in [7, 11) is 0. The van der Waals surface area contributed by atoms with E-state index in [4.69, 9.17) is 5.73 Å². The number of aliphatic hydroxyl groups excluding tert-OH is 1. The van der Waals surface area contributed by atoms with Crippen molar-refractivity contribution in [1.82, 2.24) is 0 Å². The molecule has 0 aliphatic carbocycles. The van der Waals surface area contributed by atoms with Crippen molar-refractivity contribution in [2.75, 3.05) is 5.73 Å². The molecule has 0 fully saturated rings. The highest BCUT2D eigenvalue weighted by Crippen LogP contribution is 2.19. The molecule has 0 spiro atoms. The van der Waals surface area contributed by atoms with Crippen molar-refractivity contribution in [2.24, 2.45) is 0 Å². The fourth-order valence-electron chi connectivity index (χ4n) is 1.64. The van der Waals surface area contributed by atoms with Gasteiger partial charge in [0.25, 0.3) is 0 Å². The Morgan fingerprint density at radius 2 is 1.76 bits per heavy atom. The van der Waals surface area contributed by atoms with E-state index in [1.807, 2.05) is 6.07 Å². The summed E-state index contributed by atoms with van der Waals surface area (Å²) in [5, 5.41) is 9.94. The quantitative estimate of drug-likeness (QED) is 0.624. The van der Waals surface area contributed by atoms with Crippen LogP contribution in [0.4, 0.5) is 5.69 Å². The number of nitrogens with two attached hydrogens (primary N) is 1. The van der Waals surface area contributed by atoms with Crippen LogP contribution in [-0.2, 0) is 0 Å². The molecule has 1 unspecified atom stereocenters. The minimum atomic E-state index is -1.14. The van der Waals surface area contributed by atoms with E-state index < -0.39 is 6.10 Å². The van der Waals surface area contributed by atoms with Gasteiger partial charge in [-0.2, -0.15) is 0 Å². The molecule has 0 heterocycles. The van der Waals surface area contributed by atoms with Gasteiger partial charge in [-0.1, -0.05) is 42.5 Å². The maximum absolute atomic E-state index is 12.0. The summed E-state index contributed by atoms with van der Waals surface area (Å²) < 4.78 is 0. The first kappa shape index (κ1) is 11.4. The third kappa shape index (κ3) is 2.52. The second kappa shape index (κ2) is 4.80. The Morgan fingerprint density at radius 3 is 2.41 bits per heavy atom. The highest BCUT2D eigenvalue weighted by Gasteiger charge is 2.18. The lowest BCUT2D eigenvalue weighted by Crippen LogP contribution is -2.12. The average molecular weight is 227 g/mol. The molecule has 0 aliphatic rings. The molecule has 0 saturated carbocycles. The molecule has 3 nitrogen and oxygen atoms in total. The number of hydrogen-bond acceptors (Lipinski definition) is 3. The van der Waals surface area contributed by atoms with Gasteiger partial charge >= 0.3 is 0 Å². The predicted molar refractivity (Wildman–Crippen MR) is 66.6 cm³/mol. The SMILES string of the molecule is Nc1cccc(C(=O)C(O)c2ccccc2)c1. The van der Waals surface area contributed by atoms with Crippen molar-refractivity contribution in [3.8, 4) is 0 Å². The lowest BCUT2D eigenvalue weighted by molar-refractivity contribution is 0.0747. The lowest BCUT2D eigenvalue weighted by Gasteiger charge is -2.10. The second-order valence-corrected chi connectivity index (χ2v) is 3.80. The van der Waals surface area contributed by atoms with Gasteiger partial charge in [0, 0.05) is 11.3 Å². The fraction of sp³-hybridized carbons (Fsp3) is 0.0714. The van der Waals surface area contributed by atoms with Gasteiger partial charge in [-0.25, -0.2) is 0 Å². The summed E-state index contributed by atoms with van der Waals surface area (Å²) in [6.45, 7) is 0. The fourth-order valence-corrected chi connectivity index (χ4v) is 1.64. The molecule has 2 aromatic rings. The summed E-state index contributed by atoms with van der Waals surface area (Å²) in [6, 6.07) is 15.4. The molecule has 0 radical (unpaired) electrons. The van der Waals surface area contributed by atoms with E-state index in [1.54, 1.807) is 48.5 Å². The highest BCUT2D eigenvalue weighted by molar-refractivity contribution is 6.00. The number of benzene rings is 2. The second-order valence-electron chi connectivity index (χ2n) is 3.80. The van der Waals surface area contributed by atoms with Crippen molar-refractivity contribution in [3.63, 3.8) is 0 Å². The van der Waals surface area contributed by atoms with Crippen LogP contribution in [0.25, 0.3) is 0 Å². The van der Waals surface area contributed by atoms with Crippen LogP contribution < -0.4 is 5.73 Å². The Labute approximate surface area is 99.5 Å². The number of carbonyl (C=O) groups is 1. The number of Topliss-reactive ketones (excluding diaryl/α,β-unsaturated/α-hetero) is 1. The van der Waals surface area contributed by atoms with Crippen LogP contribution >= 0.6 is 0 Å². The zero-order valence-electron chi connectivity index (χ0n) is 9.21. The molecule has 2 rings (SSSR count). The van der Waals surface area contributed by atoms with Crippen molar-refractivity contribution in [1.29, 1.82) is 0 Å². The van der Waals surface area contributed by atoms with E-state index in [9.17, 15) is 9.90 Å². The van der Waals surface area contributed by atoms with E-state index in [0.29, 0.717) is 16.8 Å². The molecule has 17 heavy (non-hydrogen) atoms. The molecule has 0 bridgehead atoms. The van der Waals surface area contributed by atoms with Crippen LogP contribution in [0.5, 0.6) is 0 Å². The minimum absolute atomic E-state index is 0.344. The first-order valence-electron chi connectivity index (χ1n) is 5.31. The van der Waals surface area contributed by atoms with Crippen molar-refractivity contribution < 1.29 is 9.90 Å². The Bertz CT molecular complexity index is 523. The van der Waals surface area contributed by atoms with Gasteiger partial charge in [-0.05, 0) is 17.7 Å². The third-order valence-electron chi connectivity index (χ3n) is 2.53. The van der Waals surface area contributed by atoms with Gasteiger partial charge in [0.1, 0.15) is 6.10 Å². The normalized spacial score (nSPS) is 12.1. The van der Waals surface area contributed by atoms with Crippen molar-refractivity contribution >= 4 is 11.5 Å². The van der Waals surface area contributed by atoms with E-state index >= 15 is 0 Å². The maximum atomic E-state index is 12.0. The van der Waals surface area contributed by atoms with Crippen molar-refractivity contribution in [2.45, 2.75) is 6.10 Å². The Morgan fingerprint density at radius 1 is 1.06 bits per heavy atom. The molecule has 0 aliphatic heterocycles. The number of ketones is 1. The van der Waals surface area contributed by atoms with E-state index in [1.165, 1.54) is 0 Å². The number of aliphatic hydroxyl groups is 1. The standard InChI is InChI=1S/C14H13NO2/c15-12-8-4-7-11(9-12)14(17)13(16)10-5-2-1-3-6-10/h1-9,13,16H,15H2. The topological polar surface area (TPSA) is 63.3 Å². The average Bonchev–Trinajstić information content (AvgIpc) is 2.38. The summed E-state index contributed by atoms with van der Waals surface area (Å²) in [5.41, 5.74) is 7.11. The Hall–Kier alpha value is -2.13. The number of carbonyl (C=O) groups excluding carboxylic acids is 1. The molecular formula is C14H13NO2. The van der Waals surface area contributed by atoms with Gasteiger partial charge in [0.15, 0.2) is 5.78 Å². The van der Waals surface area contributed by atoms with Crippen molar-refractivity contribution in [3.05, 3.63) is 65.7 Å². The van der Waals surface area contributed by atoms with Crippen LogP contribution in [0, 0.1) is 0 Å². The first-order valence-corrected chi connectivity index (χ1v) is 5.31. The van der Waals surface area contributed by atoms with Crippen LogP contribution in [0.3, 0.4) is 0 Å². The molecule has 1 atom stereocenters. The van der Waals surface area contributed by atoms with Crippen LogP contribution in [-0.4, -0.2) is 10.9 Å². The van der Waals surface area contributed by atoms with Crippen LogP contribution in [0.15, 0.2) is 54.6 Å². The van der Waals surface area contributed by atoms with E-state index in [2.05, 4.69) is 0 Å². The largest absolute Gasteiger partial charge is 0.399 e. The van der Waals surface area contributed by atoms with Gasteiger partial charge in [0.05, 0.1) is 0 Å². The maximum Gasteiger partial charge on any atom is 0.195 e. The molecule has 2 aromatic carbocycles. The van der Waals surface area contributed by atoms with Gasteiger partial charge in [-0.3, -0.25) is 4.79 Å². The lowest BCUT2D eigenvalue weighted by atomic mass is 10.00. The zero-order valence-corrected chi connectivity index (χ0v) is 9.21. The molecule has 3 heteroatoms. The van der Waals surface area contributed by atoms with E-state index in [0.717, 1.165) is 0 Å². The van der Waals surface area contributed by atoms with Crippen LogP contribution in [0.2, 0.25) is 0 Å². The number of rotatable bonds is 3. The molecule has 3 N–H and O–H groups in total. The molecule has 0 amide bonds. The molecule has 0 aromatic heterocycles. The van der Waals surface area contributed by atoms with Gasteiger partial charge in [0.2, 0.25) is 0 Å². The summed E-state index contributed by atoms with van der Waals surface area (Å²) in [6.07, 6.45) is -1.14. The number of nitrogen functional groups attached to an aromatic ring is 1. The summed E-state index contributed by atoms with van der Waals surface area (Å²) in [4.78, 5) is 12.0. The number of hydrogen-bond donors (Lipinski definition) is 2. The summed E-state index contributed by atoms with van der Waals surface area (Å²) >= 11 is 0. The summed E-state index contributed by atoms with van der Waals surface area (Å²) in [5.74, 6) is -0.344. The smallest absolute Gasteiger partial charge is 0.195 e. The number of anilines is 1. The van der Waals surface area contributed by atoms with Gasteiger partial charge in [-0.15, -0.1) is 0 Å². The Balaban J connectivity index is 2.27. The zero-order chi connectivity index (χ0) is 12.3. The van der Waals surface area contributed by atoms with Crippen LogP contribution in [0.1, 0.15) is 22.0 Å². The van der Waals surface area contributed by atoms with E-state index in [-0.39, 0.29) is 5.78 Å². The molecule has 0 saturated heterocycles. The molecule has 86 valence electrons. The monoisotopic (exact) mass is 227 g/mol. The Kier molecular flexibility index (Phi) is 3.21. The minimum Gasteiger partial charge on any atom is -0.399 e. The first-order chi connectivity index (χ1) is 8.18. The predicted octanol–water partition coefficient (Wildman–Crippen LogP) is 2.19. The third-order valence-corrected chi connectivity index (χ3v) is 2.53. The highest BCUT2D eigenvalue weighted by atomic mass is 16.3. The van der Waals surface area contributed by atoms with Gasteiger partial charge < -0.3 is 10.8 Å².